The van der Waals surface area contributed by atoms with Gasteiger partial charge >= 0.3 is 5.97 Å². The minimum absolute atomic E-state index is 0.253. The van der Waals surface area contributed by atoms with E-state index in [4.69, 9.17) is 9.47 Å². The second-order valence-electron chi connectivity index (χ2n) is 5.17. The molecule has 0 atom stereocenters. The first kappa shape index (κ1) is 16.6. The van der Waals surface area contributed by atoms with E-state index >= 15 is 0 Å². The number of hydrogen-bond acceptors (Lipinski definition) is 3. The normalized spacial score (nSPS) is 10.3. The van der Waals surface area contributed by atoms with Crippen molar-refractivity contribution in [2.75, 3.05) is 6.61 Å². The fourth-order valence-electron chi connectivity index (χ4n) is 1.90. The van der Waals surface area contributed by atoms with Crippen LogP contribution in [-0.4, -0.2) is 12.6 Å². The number of benzene rings is 2. The van der Waals surface area contributed by atoms with Gasteiger partial charge in [0, 0.05) is 6.42 Å². The Morgan fingerprint density at radius 2 is 1.73 bits per heavy atom. The Kier molecular flexibility index (Phi) is 6.01. The van der Waals surface area contributed by atoms with Crippen LogP contribution in [0, 0.1) is 13.8 Å². The van der Waals surface area contributed by atoms with E-state index in [9.17, 15) is 4.79 Å². The molecule has 0 aromatic heterocycles. The lowest BCUT2D eigenvalue weighted by Gasteiger charge is -2.08. The van der Waals surface area contributed by atoms with Crippen LogP contribution < -0.4 is 9.47 Å². The van der Waals surface area contributed by atoms with Gasteiger partial charge in [-0.1, -0.05) is 23.8 Å². The van der Waals surface area contributed by atoms with E-state index in [0.29, 0.717) is 25.2 Å². The molecule has 0 spiro atoms. The number of aryl methyl sites for hydroxylation is 2. The zero-order chi connectivity index (χ0) is 15.9. The fourth-order valence-corrected chi connectivity index (χ4v) is 2.48. The predicted octanol–water partition coefficient (Wildman–Crippen LogP) is 4.83. The van der Waals surface area contributed by atoms with Crippen LogP contribution in [0.4, 0.5) is 0 Å². The van der Waals surface area contributed by atoms with Gasteiger partial charge in [-0.05, 0) is 66.0 Å². The molecule has 0 saturated heterocycles. The van der Waals surface area contributed by atoms with Crippen LogP contribution >= 0.6 is 15.9 Å². The maximum atomic E-state index is 11.8. The van der Waals surface area contributed by atoms with Crippen LogP contribution in [0.5, 0.6) is 11.5 Å². The lowest BCUT2D eigenvalue weighted by atomic mass is 10.2. The minimum Gasteiger partial charge on any atom is -0.494 e. The summed E-state index contributed by atoms with van der Waals surface area (Å²) in [4.78, 5) is 11.8. The molecule has 0 heterocycles. The fraction of sp³-hybridized carbons (Fsp3) is 0.278. The molecular formula is C18H19BrO3. The number of rotatable bonds is 6. The van der Waals surface area contributed by atoms with Crippen molar-refractivity contribution in [3.8, 4) is 11.5 Å². The van der Waals surface area contributed by atoms with Crippen molar-refractivity contribution in [3.05, 3.63) is 58.1 Å². The number of esters is 1. The highest BCUT2D eigenvalue weighted by atomic mass is 79.9. The van der Waals surface area contributed by atoms with E-state index in [2.05, 4.69) is 15.9 Å². The molecular weight excluding hydrogens is 344 g/mol. The molecule has 0 amide bonds. The predicted molar refractivity (Wildman–Crippen MR) is 90.4 cm³/mol. The van der Waals surface area contributed by atoms with Gasteiger partial charge < -0.3 is 9.47 Å². The minimum atomic E-state index is -0.253. The number of carbonyl (C=O) groups is 1. The number of carbonyl (C=O) groups excluding carboxylic acids is 1. The second kappa shape index (κ2) is 7.99. The molecule has 0 aliphatic rings. The Morgan fingerprint density at radius 3 is 2.41 bits per heavy atom. The van der Waals surface area contributed by atoms with Gasteiger partial charge in [-0.2, -0.15) is 0 Å². The van der Waals surface area contributed by atoms with E-state index in [1.165, 1.54) is 5.56 Å². The Labute approximate surface area is 139 Å². The van der Waals surface area contributed by atoms with Crippen molar-refractivity contribution >= 4 is 21.9 Å². The molecule has 116 valence electrons. The third-order valence-electron chi connectivity index (χ3n) is 3.13. The van der Waals surface area contributed by atoms with Gasteiger partial charge in [-0.3, -0.25) is 4.79 Å². The molecule has 0 fully saturated rings. The lowest BCUT2D eigenvalue weighted by Crippen LogP contribution is -2.10. The second-order valence-corrected chi connectivity index (χ2v) is 6.03. The van der Waals surface area contributed by atoms with E-state index < -0.39 is 0 Å². The van der Waals surface area contributed by atoms with Crippen LogP contribution in [0.2, 0.25) is 0 Å². The molecule has 22 heavy (non-hydrogen) atoms. The largest absolute Gasteiger partial charge is 0.494 e. The first-order valence-corrected chi connectivity index (χ1v) is 8.00. The summed E-state index contributed by atoms with van der Waals surface area (Å²) in [7, 11) is 0. The van der Waals surface area contributed by atoms with Crippen molar-refractivity contribution < 1.29 is 14.3 Å². The highest BCUT2D eigenvalue weighted by Gasteiger charge is 2.08. The molecule has 0 bridgehead atoms. The van der Waals surface area contributed by atoms with E-state index in [1.807, 2.05) is 50.2 Å². The average molecular weight is 363 g/mol. The number of ether oxygens (including phenoxy) is 2. The number of halogens is 1. The molecule has 0 aliphatic carbocycles. The van der Waals surface area contributed by atoms with Crippen LogP contribution in [0.15, 0.2) is 46.9 Å². The first-order chi connectivity index (χ1) is 10.5. The van der Waals surface area contributed by atoms with Crippen molar-refractivity contribution in [1.82, 2.24) is 0 Å². The highest BCUT2D eigenvalue weighted by molar-refractivity contribution is 9.10. The maximum Gasteiger partial charge on any atom is 0.311 e. The summed E-state index contributed by atoms with van der Waals surface area (Å²) in [5, 5.41) is 0. The van der Waals surface area contributed by atoms with Crippen molar-refractivity contribution in [3.63, 3.8) is 0 Å². The van der Waals surface area contributed by atoms with Gasteiger partial charge in [0.1, 0.15) is 11.5 Å². The summed E-state index contributed by atoms with van der Waals surface area (Å²) in [5.41, 5.74) is 2.30. The highest BCUT2D eigenvalue weighted by Crippen LogP contribution is 2.26. The Morgan fingerprint density at radius 1 is 1.05 bits per heavy atom. The van der Waals surface area contributed by atoms with Gasteiger partial charge in [-0.15, -0.1) is 0 Å². The molecule has 0 radical (unpaired) electrons. The summed E-state index contributed by atoms with van der Waals surface area (Å²) in [6.07, 6.45) is 0.947. The van der Waals surface area contributed by atoms with Gasteiger partial charge in [0.2, 0.25) is 0 Å². The van der Waals surface area contributed by atoms with E-state index in [-0.39, 0.29) is 5.97 Å². The molecule has 0 unspecified atom stereocenters. The summed E-state index contributed by atoms with van der Waals surface area (Å²) in [5.74, 6) is 1.12. The molecule has 3 nitrogen and oxygen atoms in total. The standard InChI is InChI=1S/C18H19BrO3/c1-13-5-8-15(9-6-13)21-11-3-4-18(20)22-17-10-7-14(2)12-16(17)19/h5-10,12H,3-4,11H2,1-2H3. The van der Waals surface area contributed by atoms with E-state index in [0.717, 1.165) is 15.8 Å². The average Bonchev–Trinajstić information content (AvgIpc) is 2.48. The first-order valence-electron chi connectivity index (χ1n) is 7.21. The smallest absolute Gasteiger partial charge is 0.311 e. The van der Waals surface area contributed by atoms with E-state index in [1.54, 1.807) is 6.07 Å². The summed E-state index contributed by atoms with van der Waals surface area (Å²) in [6.45, 7) is 4.51. The van der Waals surface area contributed by atoms with Gasteiger partial charge in [0.25, 0.3) is 0 Å². The summed E-state index contributed by atoms with van der Waals surface area (Å²) in [6, 6.07) is 13.5. The number of hydrogen-bond donors (Lipinski definition) is 0. The maximum absolute atomic E-state index is 11.8. The molecule has 2 aromatic carbocycles. The molecule has 2 aromatic rings. The van der Waals surface area contributed by atoms with Gasteiger partial charge in [0.15, 0.2) is 0 Å². The molecule has 2 rings (SSSR count). The molecule has 4 heteroatoms. The van der Waals surface area contributed by atoms with Crippen LogP contribution in [0.1, 0.15) is 24.0 Å². The zero-order valence-electron chi connectivity index (χ0n) is 12.8. The molecule has 0 N–H and O–H groups in total. The Bertz CT molecular complexity index is 635. The lowest BCUT2D eigenvalue weighted by molar-refractivity contribution is -0.134. The third-order valence-corrected chi connectivity index (χ3v) is 3.75. The summed E-state index contributed by atoms with van der Waals surface area (Å²) < 4.78 is 11.7. The molecule has 0 aliphatic heterocycles. The molecule has 0 saturated carbocycles. The van der Waals surface area contributed by atoms with Crippen molar-refractivity contribution in [2.24, 2.45) is 0 Å². The van der Waals surface area contributed by atoms with Crippen LogP contribution in [0.3, 0.4) is 0 Å². The quantitative estimate of drug-likeness (QED) is 0.419. The van der Waals surface area contributed by atoms with Crippen LogP contribution in [-0.2, 0) is 4.79 Å². The third kappa shape index (κ3) is 5.19. The monoisotopic (exact) mass is 362 g/mol. The topological polar surface area (TPSA) is 35.5 Å². The van der Waals surface area contributed by atoms with Gasteiger partial charge in [0.05, 0.1) is 11.1 Å². The zero-order valence-corrected chi connectivity index (χ0v) is 14.4. The van der Waals surface area contributed by atoms with Crippen molar-refractivity contribution in [2.45, 2.75) is 26.7 Å². The van der Waals surface area contributed by atoms with Gasteiger partial charge in [-0.25, -0.2) is 0 Å². The van der Waals surface area contributed by atoms with Crippen LogP contribution in [0.25, 0.3) is 0 Å². The summed E-state index contributed by atoms with van der Waals surface area (Å²) >= 11 is 3.39. The Balaban J connectivity index is 1.72. The van der Waals surface area contributed by atoms with Crippen molar-refractivity contribution in [1.29, 1.82) is 0 Å². The Hall–Kier alpha value is -1.81. The SMILES string of the molecule is Cc1ccc(OCCCC(=O)Oc2ccc(C)cc2Br)cc1.